The minimum atomic E-state index is -4.24. The van der Waals surface area contributed by atoms with Crippen LogP contribution in [0.2, 0.25) is 0 Å². The Kier molecular flexibility index (Phi) is 4.82. The van der Waals surface area contributed by atoms with Gasteiger partial charge in [-0.3, -0.25) is 9.36 Å². The monoisotopic (exact) mass is 208 g/mol. The lowest BCUT2D eigenvalue weighted by atomic mass is 9.96. The Morgan fingerprint density at radius 1 is 1.31 bits per heavy atom. The van der Waals surface area contributed by atoms with Crippen LogP contribution in [-0.4, -0.2) is 21.2 Å². The summed E-state index contributed by atoms with van der Waals surface area (Å²) in [6.07, 6.45) is 1.28. The van der Waals surface area contributed by atoms with Gasteiger partial charge in [-0.25, -0.2) is 0 Å². The van der Waals surface area contributed by atoms with Crippen molar-refractivity contribution in [3.63, 3.8) is 0 Å². The Morgan fingerprint density at radius 2 is 1.69 bits per heavy atom. The Hall–Kier alpha value is -0.180. The van der Waals surface area contributed by atoms with Crippen LogP contribution in [-0.2, 0) is 9.36 Å². The van der Waals surface area contributed by atoms with Gasteiger partial charge in [-0.2, -0.15) is 0 Å². The fourth-order valence-corrected chi connectivity index (χ4v) is 1.74. The fourth-order valence-electron chi connectivity index (χ4n) is 1.20. The van der Waals surface area contributed by atoms with Gasteiger partial charge in [-0.05, 0) is 19.8 Å². The maximum atomic E-state index is 11.5. The molecule has 0 aliphatic rings. The van der Waals surface area contributed by atoms with Gasteiger partial charge in [-0.1, -0.05) is 13.8 Å². The summed E-state index contributed by atoms with van der Waals surface area (Å²) in [6.45, 7) is 4.98. The molecule has 1 atom stereocenters. The van der Waals surface area contributed by atoms with Crippen LogP contribution in [0.4, 0.5) is 0 Å². The third kappa shape index (κ3) is 3.59. The SMILES string of the molecule is CCC(CC)C(=O)C(C)P(=O)(O)O. The molecule has 0 aromatic carbocycles. The summed E-state index contributed by atoms with van der Waals surface area (Å²) in [6, 6.07) is 0. The van der Waals surface area contributed by atoms with Crippen molar-refractivity contribution in [1.82, 2.24) is 0 Å². The van der Waals surface area contributed by atoms with Crippen molar-refractivity contribution in [2.75, 3.05) is 0 Å². The van der Waals surface area contributed by atoms with Crippen molar-refractivity contribution in [3.8, 4) is 0 Å². The van der Waals surface area contributed by atoms with E-state index in [2.05, 4.69) is 0 Å². The van der Waals surface area contributed by atoms with Crippen LogP contribution in [0.1, 0.15) is 33.6 Å². The molecule has 0 saturated heterocycles. The Morgan fingerprint density at radius 3 is 1.92 bits per heavy atom. The second-order valence-electron chi connectivity index (χ2n) is 3.18. The van der Waals surface area contributed by atoms with Gasteiger partial charge in [0.2, 0.25) is 0 Å². The van der Waals surface area contributed by atoms with E-state index in [-0.39, 0.29) is 11.7 Å². The molecule has 0 spiro atoms. The number of carbonyl (C=O) groups excluding carboxylic acids is 1. The number of hydrogen-bond donors (Lipinski definition) is 2. The van der Waals surface area contributed by atoms with Crippen molar-refractivity contribution in [3.05, 3.63) is 0 Å². The van der Waals surface area contributed by atoms with Crippen molar-refractivity contribution in [2.24, 2.45) is 5.92 Å². The number of hydrogen-bond acceptors (Lipinski definition) is 2. The average molecular weight is 208 g/mol. The second kappa shape index (κ2) is 4.89. The number of ketones is 1. The third-order valence-electron chi connectivity index (χ3n) is 2.30. The second-order valence-corrected chi connectivity index (χ2v) is 5.13. The zero-order chi connectivity index (χ0) is 10.6. The van der Waals surface area contributed by atoms with E-state index in [1.807, 2.05) is 13.8 Å². The van der Waals surface area contributed by atoms with E-state index in [4.69, 9.17) is 9.79 Å². The van der Waals surface area contributed by atoms with Crippen molar-refractivity contribution >= 4 is 13.4 Å². The van der Waals surface area contributed by atoms with Gasteiger partial charge in [0, 0.05) is 5.92 Å². The van der Waals surface area contributed by atoms with E-state index in [1.54, 1.807) is 0 Å². The highest BCUT2D eigenvalue weighted by Crippen LogP contribution is 2.42. The molecular weight excluding hydrogens is 191 g/mol. The normalized spacial score (nSPS) is 14.6. The molecule has 13 heavy (non-hydrogen) atoms. The Bertz CT molecular complexity index is 216. The summed E-state index contributed by atoms with van der Waals surface area (Å²) >= 11 is 0. The summed E-state index contributed by atoms with van der Waals surface area (Å²) in [4.78, 5) is 29.0. The van der Waals surface area contributed by atoms with Crippen LogP contribution in [0.5, 0.6) is 0 Å². The van der Waals surface area contributed by atoms with Crippen molar-refractivity contribution in [2.45, 2.75) is 39.3 Å². The molecule has 0 heterocycles. The topological polar surface area (TPSA) is 74.6 Å². The maximum Gasteiger partial charge on any atom is 0.335 e. The molecule has 5 heteroatoms. The van der Waals surface area contributed by atoms with Gasteiger partial charge in [0.05, 0.1) is 0 Å². The minimum absolute atomic E-state index is 0.220. The van der Waals surface area contributed by atoms with Gasteiger partial charge >= 0.3 is 7.60 Å². The van der Waals surface area contributed by atoms with Crippen molar-refractivity contribution < 1.29 is 19.1 Å². The van der Waals surface area contributed by atoms with Crippen LogP contribution < -0.4 is 0 Å². The van der Waals surface area contributed by atoms with Gasteiger partial charge in [0.1, 0.15) is 5.66 Å². The van der Waals surface area contributed by atoms with Gasteiger partial charge in [0.25, 0.3) is 0 Å². The number of carbonyl (C=O) groups is 1. The fraction of sp³-hybridized carbons (Fsp3) is 0.875. The molecule has 0 aromatic rings. The standard InChI is InChI=1S/C8H17O4P/c1-4-7(5-2)8(9)6(3)13(10,11)12/h6-7H,4-5H2,1-3H3,(H2,10,11,12). The summed E-state index contributed by atoms with van der Waals surface area (Å²) < 4.78 is 10.8. The van der Waals surface area contributed by atoms with Gasteiger partial charge < -0.3 is 9.79 Å². The minimum Gasteiger partial charge on any atom is -0.324 e. The predicted molar refractivity (Wildman–Crippen MR) is 50.6 cm³/mol. The molecule has 0 aliphatic heterocycles. The Labute approximate surface area is 78.5 Å². The molecule has 78 valence electrons. The zero-order valence-electron chi connectivity index (χ0n) is 8.23. The largest absolute Gasteiger partial charge is 0.335 e. The summed E-state index contributed by atoms with van der Waals surface area (Å²) in [7, 11) is -4.24. The summed E-state index contributed by atoms with van der Waals surface area (Å²) in [5, 5.41) is 0. The van der Waals surface area contributed by atoms with Crippen LogP contribution in [0, 0.1) is 5.92 Å². The molecule has 0 rings (SSSR count). The van der Waals surface area contributed by atoms with E-state index in [9.17, 15) is 9.36 Å². The highest BCUT2D eigenvalue weighted by atomic mass is 31.2. The lowest BCUT2D eigenvalue weighted by Crippen LogP contribution is -2.25. The first-order valence-electron chi connectivity index (χ1n) is 4.43. The first kappa shape index (κ1) is 12.8. The van der Waals surface area contributed by atoms with E-state index in [1.165, 1.54) is 6.92 Å². The van der Waals surface area contributed by atoms with Crippen molar-refractivity contribution in [1.29, 1.82) is 0 Å². The highest BCUT2D eigenvalue weighted by Gasteiger charge is 2.33. The number of rotatable bonds is 5. The van der Waals surface area contributed by atoms with Crippen LogP contribution in [0.3, 0.4) is 0 Å². The molecule has 0 bridgehead atoms. The molecule has 0 radical (unpaired) electrons. The first-order valence-corrected chi connectivity index (χ1v) is 6.11. The van der Waals surface area contributed by atoms with E-state index in [0.717, 1.165) is 0 Å². The van der Waals surface area contributed by atoms with E-state index in [0.29, 0.717) is 12.8 Å². The zero-order valence-corrected chi connectivity index (χ0v) is 9.12. The Balaban J connectivity index is 4.51. The number of Topliss-reactive ketones (excluding diaryl/α,β-unsaturated/α-hetero) is 1. The summed E-state index contributed by atoms with van der Waals surface area (Å²) in [5.41, 5.74) is -1.16. The molecule has 0 aliphatic carbocycles. The lowest BCUT2D eigenvalue weighted by Gasteiger charge is -2.17. The lowest BCUT2D eigenvalue weighted by molar-refractivity contribution is -0.122. The molecule has 0 aromatic heterocycles. The van der Waals surface area contributed by atoms with E-state index < -0.39 is 13.3 Å². The predicted octanol–water partition coefficient (Wildman–Crippen LogP) is 1.56. The maximum absolute atomic E-state index is 11.5. The molecular formula is C8H17O4P. The van der Waals surface area contributed by atoms with E-state index >= 15 is 0 Å². The van der Waals surface area contributed by atoms with Gasteiger partial charge in [0.15, 0.2) is 5.78 Å². The molecule has 0 amide bonds. The molecule has 2 N–H and O–H groups in total. The molecule has 1 unspecified atom stereocenters. The van der Waals surface area contributed by atoms with Gasteiger partial charge in [-0.15, -0.1) is 0 Å². The van der Waals surface area contributed by atoms with Crippen LogP contribution >= 0.6 is 7.60 Å². The molecule has 0 saturated carbocycles. The summed E-state index contributed by atoms with van der Waals surface area (Å²) in [5.74, 6) is -0.541. The molecule has 0 fully saturated rings. The highest BCUT2D eigenvalue weighted by molar-refractivity contribution is 7.53. The third-order valence-corrected chi connectivity index (χ3v) is 3.57. The van der Waals surface area contributed by atoms with Crippen LogP contribution in [0.25, 0.3) is 0 Å². The molecule has 4 nitrogen and oxygen atoms in total. The average Bonchev–Trinajstić information content (AvgIpc) is 2.03. The first-order chi connectivity index (χ1) is 5.84. The quantitative estimate of drug-likeness (QED) is 0.672. The van der Waals surface area contributed by atoms with Crippen LogP contribution in [0.15, 0.2) is 0 Å². The smallest absolute Gasteiger partial charge is 0.324 e.